The zero-order chi connectivity index (χ0) is 25.5. The average Bonchev–Trinajstić information content (AvgIpc) is 3.69. The van der Waals surface area contributed by atoms with Gasteiger partial charge >= 0.3 is 0 Å². The van der Waals surface area contributed by atoms with Gasteiger partial charge in [0.2, 0.25) is 0 Å². The maximum Gasteiger partial charge on any atom is 0.0833 e. The van der Waals surface area contributed by atoms with E-state index in [1.165, 1.54) is 70.5 Å². The topological polar surface area (TPSA) is 22.8 Å². The summed E-state index contributed by atoms with van der Waals surface area (Å²) in [7, 11) is 0. The van der Waals surface area contributed by atoms with Crippen molar-refractivity contribution in [3.63, 3.8) is 0 Å². The predicted molar refractivity (Wildman–Crippen MR) is 166 cm³/mol. The van der Waals surface area contributed by atoms with Crippen molar-refractivity contribution in [2.75, 3.05) is 0 Å². The molecule has 9 aromatic rings. The van der Waals surface area contributed by atoms with E-state index < -0.39 is 0 Å². The second-order valence-electron chi connectivity index (χ2n) is 10.1. The molecule has 0 saturated carbocycles. The molecule has 6 aromatic carbocycles. The molecule has 0 bridgehead atoms. The summed E-state index contributed by atoms with van der Waals surface area (Å²) in [5, 5.41) is 7.55. The van der Waals surface area contributed by atoms with Crippen LogP contribution in [0.3, 0.4) is 0 Å². The van der Waals surface area contributed by atoms with Crippen LogP contribution in [0.1, 0.15) is 0 Å². The maximum atomic E-state index is 4.61. The van der Waals surface area contributed by atoms with E-state index in [-0.39, 0.29) is 0 Å². The van der Waals surface area contributed by atoms with Gasteiger partial charge in [-0.25, -0.2) is 4.98 Å². The smallest absolute Gasteiger partial charge is 0.0833 e. The zero-order valence-corrected chi connectivity index (χ0v) is 21.7. The number of hydrogen-bond acceptors (Lipinski definition) is 2. The van der Waals surface area contributed by atoms with Crippen LogP contribution < -0.4 is 0 Å². The van der Waals surface area contributed by atoms with Crippen molar-refractivity contribution in [1.82, 2.24) is 14.1 Å². The van der Waals surface area contributed by atoms with E-state index in [1.807, 2.05) is 5.51 Å². The van der Waals surface area contributed by atoms with Crippen LogP contribution in [0.2, 0.25) is 0 Å². The van der Waals surface area contributed by atoms with Crippen molar-refractivity contribution in [2.45, 2.75) is 0 Å². The van der Waals surface area contributed by atoms with Crippen LogP contribution in [0.15, 0.2) is 127 Å². The van der Waals surface area contributed by atoms with Gasteiger partial charge in [-0.15, -0.1) is 11.3 Å². The molecular formula is C35H21N3S. The van der Waals surface area contributed by atoms with Crippen LogP contribution in [0.5, 0.6) is 0 Å². The van der Waals surface area contributed by atoms with Crippen molar-refractivity contribution in [3.05, 3.63) is 127 Å². The van der Waals surface area contributed by atoms with Gasteiger partial charge in [0.15, 0.2) is 0 Å². The molecule has 3 heterocycles. The fraction of sp³-hybridized carbons (Fsp3) is 0. The zero-order valence-electron chi connectivity index (χ0n) is 20.9. The highest BCUT2D eigenvalue weighted by Gasteiger charge is 2.20. The van der Waals surface area contributed by atoms with Gasteiger partial charge in [0.25, 0.3) is 0 Å². The number of hydrogen-bond donors (Lipinski definition) is 0. The van der Waals surface area contributed by atoms with Gasteiger partial charge in [0, 0.05) is 32.6 Å². The van der Waals surface area contributed by atoms with E-state index in [0.29, 0.717) is 0 Å². The summed E-state index contributed by atoms with van der Waals surface area (Å²) in [6, 6.07) is 44.0. The molecule has 39 heavy (non-hydrogen) atoms. The van der Waals surface area contributed by atoms with Crippen molar-refractivity contribution >= 4 is 75.9 Å². The Labute approximate surface area is 227 Å². The molecule has 0 aliphatic heterocycles. The van der Waals surface area contributed by atoms with Gasteiger partial charge < -0.3 is 9.13 Å². The predicted octanol–water partition coefficient (Wildman–Crippen LogP) is 9.64. The number of thiazole rings is 1. The van der Waals surface area contributed by atoms with Gasteiger partial charge in [0.05, 0.1) is 43.5 Å². The molecule has 0 N–H and O–H groups in total. The van der Waals surface area contributed by atoms with E-state index in [0.717, 1.165) is 5.52 Å². The van der Waals surface area contributed by atoms with Crippen molar-refractivity contribution < 1.29 is 0 Å². The van der Waals surface area contributed by atoms with Crippen molar-refractivity contribution in [1.29, 1.82) is 0 Å². The molecular weight excluding hydrogens is 494 g/mol. The molecule has 0 radical (unpaired) electrons. The normalized spacial score (nSPS) is 12.1. The van der Waals surface area contributed by atoms with Crippen LogP contribution in [-0.4, -0.2) is 14.1 Å². The van der Waals surface area contributed by atoms with Gasteiger partial charge in [0.1, 0.15) is 0 Å². The molecule has 0 unspecified atom stereocenters. The number of para-hydroxylation sites is 2. The molecule has 0 fully saturated rings. The Morgan fingerprint density at radius 1 is 0.513 bits per heavy atom. The molecule has 0 spiro atoms. The number of aromatic nitrogens is 3. The number of nitrogens with zero attached hydrogens (tertiary/aromatic N) is 3. The second kappa shape index (κ2) is 7.79. The molecule has 3 aromatic heterocycles. The van der Waals surface area contributed by atoms with Crippen molar-refractivity contribution in [3.8, 4) is 11.4 Å². The Kier molecular flexibility index (Phi) is 4.21. The third-order valence-corrected chi connectivity index (χ3v) is 8.90. The summed E-state index contributed by atoms with van der Waals surface area (Å²) in [4.78, 5) is 4.61. The fourth-order valence-corrected chi connectivity index (χ4v) is 7.18. The largest absolute Gasteiger partial charge is 0.309 e. The van der Waals surface area contributed by atoms with Gasteiger partial charge in [-0.1, -0.05) is 78.9 Å². The van der Waals surface area contributed by atoms with Crippen LogP contribution in [0, 0.1) is 0 Å². The minimum atomic E-state index is 1.04. The molecule has 9 rings (SSSR count). The minimum absolute atomic E-state index is 1.04. The lowest BCUT2D eigenvalue weighted by Gasteiger charge is -2.10. The monoisotopic (exact) mass is 515 g/mol. The van der Waals surface area contributed by atoms with Crippen LogP contribution >= 0.6 is 11.3 Å². The number of rotatable bonds is 2. The Morgan fingerprint density at radius 2 is 1.26 bits per heavy atom. The number of benzene rings is 6. The minimum Gasteiger partial charge on any atom is -0.309 e. The molecule has 4 heteroatoms. The van der Waals surface area contributed by atoms with Crippen LogP contribution in [0.25, 0.3) is 76.0 Å². The Hall–Kier alpha value is -4.93. The van der Waals surface area contributed by atoms with E-state index in [1.54, 1.807) is 11.3 Å². The highest BCUT2D eigenvalue weighted by Crippen LogP contribution is 2.42. The fourth-order valence-electron chi connectivity index (χ4n) is 6.39. The van der Waals surface area contributed by atoms with E-state index in [4.69, 9.17) is 0 Å². The lowest BCUT2D eigenvalue weighted by Crippen LogP contribution is -1.95. The lowest BCUT2D eigenvalue weighted by molar-refractivity contribution is 1.18. The summed E-state index contributed by atoms with van der Waals surface area (Å²) in [5.41, 5.74) is 10.2. The third-order valence-electron chi connectivity index (χ3n) is 8.04. The molecule has 3 nitrogen and oxygen atoms in total. The van der Waals surface area contributed by atoms with Gasteiger partial charge in [-0.05, 0) is 47.9 Å². The molecule has 0 aliphatic rings. The standard InChI is InChI=1S/C35H21N3S/c1-2-10-23(11-3-1)37-32-19-27-25-13-6-7-15-30(25)38(31-16-8-14-29-35(31)39-21-36-29)33(27)20-28(32)26-18-17-22-9-4-5-12-24(22)34(26)37/h1-21H. The highest BCUT2D eigenvalue weighted by molar-refractivity contribution is 7.17. The lowest BCUT2D eigenvalue weighted by atomic mass is 10.0. The first-order chi connectivity index (χ1) is 19.4. The van der Waals surface area contributed by atoms with Gasteiger partial charge in [-0.2, -0.15) is 0 Å². The molecule has 0 saturated heterocycles. The highest BCUT2D eigenvalue weighted by atomic mass is 32.1. The van der Waals surface area contributed by atoms with E-state index in [2.05, 4.69) is 135 Å². The first-order valence-electron chi connectivity index (χ1n) is 13.1. The average molecular weight is 516 g/mol. The van der Waals surface area contributed by atoms with E-state index in [9.17, 15) is 0 Å². The molecule has 0 aliphatic carbocycles. The van der Waals surface area contributed by atoms with Gasteiger partial charge in [-0.3, -0.25) is 0 Å². The molecule has 0 amide bonds. The molecule has 182 valence electrons. The third kappa shape index (κ3) is 2.84. The second-order valence-corrected chi connectivity index (χ2v) is 10.9. The van der Waals surface area contributed by atoms with Crippen molar-refractivity contribution in [2.24, 2.45) is 0 Å². The summed E-state index contributed by atoms with van der Waals surface area (Å²) < 4.78 is 6.08. The molecule has 0 atom stereocenters. The van der Waals surface area contributed by atoms with Crippen LogP contribution in [-0.2, 0) is 0 Å². The summed E-state index contributed by atoms with van der Waals surface area (Å²) >= 11 is 1.70. The van der Waals surface area contributed by atoms with Crippen LogP contribution in [0.4, 0.5) is 0 Å². The Morgan fingerprint density at radius 3 is 2.15 bits per heavy atom. The maximum absolute atomic E-state index is 4.61. The summed E-state index contributed by atoms with van der Waals surface area (Å²) in [5.74, 6) is 0. The summed E-state index contributed by atoms with van der Waals surface area (Å²) in [6.45, 7) is 0. The quantitative estimate of drug-likeness (QED) is 0.225. The number of fused-ring (bicyclic) bond motifs is 9. The Balaban J connectivity index is 1.52. The van der Waals surface area contributed by atoms with E-state index >= 15 is 0 Å². The first kappa shape index (κ1) is 21.1. The Bertz CT molecular complexity index is 2390. The first-order valence-corrected chi connectivity index (χ1v) is 14.0. The summed E-state index contributed by atoms with van der Waals surface area (Å²) in [6.07, 6.45) is 0. The SMILES string of the molecule is c1ccc(-n2c3cc4c5ccccc5n(-c5cccc6ncsc56)c4cc3c3ccc4ccccc4c32)cc1.